The summed E-state index contributed by atoms with van der Waals surface area (Å²) in [5.74, 6) is -0.807. The third-order valence-electron chi connectivity index (χ3n) is 4.43. The van der Waals surface area contributed by atoms with Crippen LogP contribution in [0, 0.1) is 6.92 Å². The van der Waals surface area contributed by atoms with Crippen LogP contribution in [0.15, 0.2) is 69.9 Å². The molecule has 0 fully saturated rings. The molecule has 4 aromatic rings. The number of carbonyl (C=O) groups is 1. The summed E-state index contributed by atoms with van der Waals surface area (Å²) >= 11 is 0. The van der Waals surface area contributed by atoms with Gasteiger partial charge in [0.1, 0.15) is 23.5 Å². The van der Waals surface area contributed by atoms with Crippen LogP contribution in [0.1, 0.15) is 21.5 Å². The van der Waals surface area contributed by atoms with E-state index in [4.69, 9.17) is 9.15 Å². The first-order chi connectivity index (χ1) is 13.0. The van der Waals surface area contributed by atoms with Gasteiger partial charge in [0.2, 0.25) is 0 Å². The van der Waals surface area contributed by atoms with Gasteiger partial charge in [-0.2, -0.15) is 0 Å². The normalized spacial score (nSPS) is 11.0. The summed E-state index contributed by atoms with van der Waals surface area (Å²) in [6.45, 7) is 1.80. The number of hydrogen-bond donors (Lipinski definition) is 1. The van der Waals surface area contributed by atoms with Crippen molar-refractivity contribution in [3.05, 3.63) is 87.8 Å². The van der Waals surface area contributed by atoms with Crippen molar-refractivity contribution in [3.8, 4) is 5.75 Å². The second kappa shape index (κ2) is 6.61. The quantitative estimate of drug-likeness (QED) is 0.435. The monoisotopic (exact) mass is 360 g/mol. The molecule has 0 bridgehead atoms. The molecule has 0 unspecified atom stereocenters. The first-order valence-corrected chi connectivity index (χ1v) is 8.43. The molecule has 0 saturated heterocycles. The van der Waals surface area contributed by atoms with Crippen molar-refractivity contribution in [1.82, 2.24) is 0 Å². The smallest absolute Gasteiger partial charge is 0.342 e. The van der Waals surface area contributed by atoms with Gasteiger partial charge in [0.05, 0.1) is 0 Å². The van der Waals surface area contributed by atoms with Crippen molar-refractivity contribution in [1.29, 1.82) is 0 Å². The van der Waals surface area contributed by atoms with Gasteiger partial charge in [-0.05, 0) is 41.5 Å². The van der Waals surface area contributed by atoms with Crippen molar-refractivity contribution < 1.29 is 19.1 Å². The van der Waals surface area contributed by atoms with Gasteiger partial charge in [0.15, 0.2) is 0 Å². The molecule has 134 valence electrons. The summed E-state index contributed by atoms with van der Waals surface area (Å²) in [7, 11) is 0. The molecule has 0 saturated carbocycles. The van der Waals surface area contributed by atoms with Crippen molar-refractivity contribution in [3.63, 3.8) is 0 Å². The van der Waals surface area contributed by atoms with Crippen LogP contribution in [0.2, 0.25) is 0 Å². The van der Waals surface area contributed by atoms with Gasteiger partial charge in [-0.15, -0.1) is 0 Å². The fourth-order valence-corrected chi connectivity index (χ4v) is 3.07. The van der Waals surface area contributed by atoms with E-state index >= 15 is 0 Å². The van der Waals surface area contributed by atoms with Crippen LogP contribution in [0.25, 0.3) is 21.7 Å². The topological polar surface area (TPSA) is 76.7 Å². The van der Waals surface area contributed by atoms with Gasteiger partial charge < -0.3 is 14.3 Å². The maximum absolute atomic E-state index is 12.5. The average Bonchev–Trinajstić information content (AvgIpc) is 2.64. The lowest BCUT2D eigenvalue weighted by Crippen LogP contribution is -2.08. The third kappa shape index (κ3) is 3.27. The SMILES string of the molecule is Cc1ccc2c(COC(=O)c3cc4ccccc4cc3O)cc(=O)oc2c1. The van der Waals surface area contributed by atoms with E-state index in [9.17, 15) is 14.7 Å². The molecule has 0 aliphatic heterocycles. The molecule has 0 amide bonds. The molecular formula is C22H16O5. The maximum atomic E-state index is 12.5. The van der Waals surface area contributed by atoms with Crippen molar-refractivity contribution >= 4 is 27.7 Å². The Morgan fingerprint density at radius 1 is 1.04 bits per heavy atom. The van der Waals surface area contributed by atoms with Gasteiger partial charge in [-0.3, -0.25) is 0 Å². The van der Waals surface area contributed by atoms with E-state index in [1.54, 1.807) is 12.1 Å². The standard InChI is InChI=1S/C22H16O5/c1-13-6-7-17-16(11-21(24)27-20(17)8-13)12-26-22(25)18-9-14-4-2-3-5-15(14)10-19(18)23/h2-11,23H,12H2,1H3. The van der Waals surface area contributed by atoms with E-state index in [1.165, 1.54) is 12.1 Å². The number of aryl methyl sites for hydroxylation is 1. The highest BCUT2D eigenvalue weighted by Gasteiger charge is 2.15. The predicted octanol–water partition coefficient (Wildman–Crippen LogP) is 4.32. The van der Waals surface area contributed by atoms with Crippen LogP contribution < -0.4 is 5.63 Å². The van der Waals surface area contributed by atoms with E-state index in [0.29, 0.717) is 16.5 Å². The highest BCUT2D eigenvalue weighted by molar-refractivity contribution is 5.98. The van der Waals surface area contributed by atoms with Crippen LogP contribution >= 0.6 is 0 Å². The molecule has 1 heterocycles. The Morgan fingerprint density at radius 3 is 2.56 bits per heavy atom. The summed E-state index contributed by atoms with van der Waals surface area (Å²) in [6.07, 6.45) is 0. The Balaban J connectivity index is 1.64. The summed E-state index contributed by atoms with van der Waals surface area (Å²) in [4.78, 5) is 24.3. The van der Waals surface area contributed by atoms with Crippen LogP contribution in [-0.2, 0) is 11.3 Å². The number of phenols is 1. The zero-order valence-electron chi connectivity index (χ0n) is 14.6. The Kier molecular flexibility index (Phi) is 4.12. The number of rotatable bonds is 3. The molecule has 1 aromatic heterocycles. The Bertz CT molecular complexity index is 1240. The van der Waals surface area contributed by atoms with Crippen molar-refractivity contribution in [2.75, 3.05) is 0 Å². The lowest BCUT2D eigenvalue weighted by molar-refractivity contribution is 0.0470. The molecule has 0 spiro atoms. The third-order valence-corrected chi connectivity index (χ3v) is 4.43. The molecule has 3 aromatic carbocycles. The first-order valence-electron chi connectivity index (χ1n) is 8.43. The lowest BCUT2D eigenvalue weighted by atomic mass is 10.1. The zero-order valence-corrected chi connectivity index (χ0v) is 14.6. The molecule has 5 heteroatoms. The number of phenolic OH excluding ortho intramolecular Hbond substituents is 1. The number of fused-ring (bicyclic) bond motifs is 2. The number of benzene rings is 3. The minimum Gasteiger partial charge on any atom is -0.507 e. The number of carbonyl (C=O) groups excluding carboxylic acids is 1. The molecule has 27 heavy (non-hydrogen) atoms. The highest BCUT2D eigenvalue weighted by Crippen LogP contribution is 2.26. The van der Waals surface area contributed by atoms with Gasteiger partial charge in [0, 0.05) is 17.0 Å². The lowest BCUT2D eigenvalue weighted by Gasteiger charge is -2.09. The Labute approximate surface area is 154 Å². The van der Waals surface area contributed by atoms with Gasteiger partial charge in [-0.25, -0.2) is 9.59 Å². The molecule has 0 aliphatic rings. The van der Waals surface area contributed by atoms with E-state index < -0.39 is 11.6 Å². The van der Waals surface area contributed by atoms with Crippen molar-refractivity contribution in [2.45, 2.75) is 13.5 Å². The number of hydrogen-bond acceptors (Lipinski definition) is 5. The van der Waals surface area contributed by atoms with E-state index in [-0.39, 0.29) is 17.9 Å². The number of ether oxygens (including phenoxy) is 1. The second-order valence-electron chi connectivity index (χ2n) is 6.38. The predicted molar refractivity (Wildman–Crippen MR) is 102 cm³/mol. The molecule has 0 atom stereocenters. The van der Waals surface area contributed by atoms with Crippen LogP contribution in [0.4, 0.5) is 0 Å². The molecule has 1 N–H and O–H groups in total. The Morgan fingerprint density at radius 2 is 1.78 bits per heavy atom. The van der Waals surface area contributed by atoms with E-state index in [1.807, 2.05) is 43.3 Å². The van der Waals surface area contributed by atoms with Gasteiger partial charge >= 0.3 is 11.6 Å². The largest absolute Gasteiger partial charge is 0.507 e. The van der Waals surface area contributed by atoms with Crippen LogP contribution in [-0.4, -0.2) is 11.1 Å². The summed E-state index contributed by atoms with van der Waals surface area (Å²) in [5.41, 5.74) is 1.53. The van der Waals surface area contributed by atoms with Crippen LogP contribution in [0.5, 0.6) is 5.75 Å². The molecule has 4 rings (SSSR count). The van der Waals surface area contributed by atoms with Crippen LogP contribution in [0.3, 0.4) is 0 Å². The maximum Gasteiger partial charge on any atom is 0.342 e. The number of aromatic hydroxyl groups is 1. The van der Waals surface area contributed by atoms with Gasteiger partial charge in [-0.1, -0.05) is 36.4 Å². The summed E-state index contributed by atoms with van der Waals surface area (Å²) < 4.78 is 10.6. The minimum atomic E-state index is -0.660. The average molecular weight is 360 g/mol. The van der Waals surface area contributed by atoms with E-state index in [2.05, 4.69) is 0 Å². The van der Waals surface area contributed by atoms with Gasteiger partial charge in [0.25, 0.3) is 0 Å². The fraction of sp³-hybridized carbons (Fsp3) is 0.0909. The highest BCUT2D eigenvalue weighted by atomic mass is 16.5. The second-order valence-corrected chi connectivity index (χ2v) is 6.38. The minimum absolute atomic E-state index is 0.0804. The molecule has 5 nitrogen and oxygen atoms in total. The van der Waals surface area contributed by atoms with Crippen molar-refractivity contribution in [2.24, 2.45) is 0 Å². The first kappa shape index (κ1) is 16.8. The molecule has 0 aliphatic carbocycles. The Hall–Kier alpha value is -3.60. The van der Waals surface area contributed by atoms with E-state index in [0.717, 1.165) is 16.3 Å². The molecular weight excluding hydrogens is 344 g/mol. The summed E-state index contributed by atoms with van der Waals surface area (Å²) in [5, 5.41) is 12.5. The summed E-state index contributed by atoms with van der Waals surface area (Å²) in [6, 6.07) is 17.3. The fourth-order valence-electron chi connectivity index (χ4n) is 3.07. The molecule has 0 radical (unpaired) electrons. The number of esters is 1. The zero-order chi connectivity index (χ0) is 19.0.